The zero-order valence-corrected chi connectivity index (χ0v) is 13.4. The maximum absolute atomic E-state index is 11.5. The van der Waals surface area contributed by atoms with Crippen LogP contribution in [0.5, 0.6) is 0 Å². The van der Waals surface area contributed by atoms with Crippen LogP contribution in [-0.4, -0.2) is 20.9 Å². The molecule has 0 aliphatic carbocycles. The maximum atomic E-state index is 11.5. The van der Waals surface area contributed by atoms with E-state index in [1.165, 1.54) is 0 Å². The molecule has 0 radical (unpaired) electrons. The van der Waals surface area contributed by atoms with E-state index in [4.69, 9.17) is 11.6 Å². The highest BCUT2D eigenvalue weighted by Crippen LogP contribution is 2.28. The first kappa shape index (κ1) is 15.1. The average Bonchev–Trinajstić information content (AvgIpc) is 2.62. The predicted molar refractivity (Wildman–Crippen MR) is 81.2 cm³/mol. The third-order valence-corrected chi connectivity index (χ3v) is 4.25. The van der Waals surface area contributed by atoms with E-state index in [0.717, 1.165) is 15.7 Å². The van der Waals surface area contributed by atoms with Crippen molar-refractivity contribution in [1.29, 1.82) is 0 Å². The Labute approximate surface area is 130 Å². The Morgan fingerprint density at radius 2 is 2.05 bits per heavy atom. The van der Waals surface area contributed by atoms with E-state index in [9.17, 15) is 9.90 Å². The Morgan fingerprint density at radius 3 is 2.50 bits per heavy atom. The van der Waals surface area contributed by atoms with Crippen LogP contribution in [-0.2, 0) is 18.3 Å². The Hall–Kier alpha value is -1.33. The molecule has 20 heavy (non-hydrogen) atoms. The summed E-state index contributed by atoms with van der Waals surface area (Å²) in [5, 5.41) is 14.2. The van der Waals surface area contributed by atoms with Crippen LogP contribution in [0.25, 0.3) is 0 Å². The van der Waals surface area contributed by atoms with Gasteiger partial charge < -0.3 is 5.11 Å². The third kappa shape index (κ3) is 3.04. The largest absolute Gasteiger partial charge is 0.481 e. The summed E-state index contributed by atoms with van der Waals surface area (Å²) in [6.07, 6.45) is 0.313. The second-order valence-electron chi connectivity index (χ2n) is 4.62. The number of aromatic nitrogens is 2. The Balaban J connectivity index is 2.35. The van der Waals surface area contributed by atoms with Crippen molar-refractivity contribution in [3.8, 4) is 0 Å². The molecule has 1 N–H and O–H groups in total. The standard InChI is InChI=1S/C14H14BrClN2O2/c1-8-13(16)12(18(2)17-8)7-11(14(19)20)9-3-5-10(15)6-4-9/h3-6,11H,7H2,1-2H3,(H,19,20). The molecule has 1 aromatic heterocycles. The van der Waals surface area contributed by atoms with E-state index in [2.05, 4.69) is 21.0 Å². The van der Waals surface area contributed by atoms with Crippen molar-refractivity contribution in [3.63, 3.8) is 0 Å². The molecule has 0 spiro atoms. The van der Waals surface area contributed by atoms with Gasteiger partial charge in [-0.05, 0) is 24.6 Å². The summed E-state index contributed by atoms with van der Waals surface area (Å²) in [5.41, 5.74) is 2.19. The highest BCUT2D eigenvalue weighted by Gasteiger charge is 2.24. The second kappa shape index (κ2) is 5.97. The molecule has 0 saturated carbocycles. The van der Waals surface area contributed by atoms with E-state index in [-0.39, 0.29) is 0 Å². The quantitative estimate of drug-likeness (QED) is 0.910. The van der Waals surface area contributed by atoms with Crippen molar-refractivity contribution in [2.75, 3.05) is 0 Å². The lowest BCUT2D eigenvalue weighted by Gasteiger charge is -2.13. The van der Waals surface area contributed by atoms with Crippen molar-refractivity contribution in [2.24, 2.45) is 7.05 Å². The molecule has 0 amide bonds. The van der Waals surface area contributed by atoms with Gasteiger partial charge in [-0.3, -0.25) is 9.48 Å². The molecule has 0 aliphatic heterocycles. The van der Waals surface area contributed by atoms with Crippen LogP contribution in [0.4, 0.5) is 0 Å². The number of hydrogen-bond donors (Lipinski definition) is 1. The Kier molecular flexibility index (Phi) is 4.50. The predicted octanol–water partition coefficient (Wildman–Crippen LogP) is 3.56. The van der Waals surface area contributed by atoms with Crippen LogP contribution in [0.2, 0.25) is 5.02 Å². The molecule has 2 rings (SSSR count). The lowest BCUT2D eigenvalue weighted by atomic mass is 9.94. The topological polar surface area (TPSA) is 55.1 Å². The molecule has 6 heteroatoms. The fourth-order valence-corrected chi connectivity index (χ4v) is 2.64. The zero-order valence-electron chi connectivity index (χ0n) is 11.1. The number of rotatable bonds is 4. The molecular formula is C14H14BrClN2O2. The van der Waals surface area contributed by atoms with E-state index < -0.39 is 11.9 Å². The number of nitrogens with zero attached hydrogens (tertiary/aromatic N) is 2. The van der Waals surface area contributed by atoms with Gasteiger partial charge in [0.05, 0.1) is 22.3 Å². The van der Waals surface area contributed by atoms with Crippen LogP contribution in [0.1, 0.15) is 22.9 Å². The van der Waals surface area contributed by atoms with Crippen molar-refractivity contribution in [2.45, 2.75) is 19.3 Å². The number of halogens is 2. The number of hydrogen-bond acceptors (Lipinski definition) is 2. The van der Waals surface area contributed by atoms with Gasteiger partial charge in [0, 0.05) is 17.9 Å². The summed E-state index contributed by atoms with van der Waals surface area (Å²) >= 11 is 9.53. The molecular weight excluding hydrogens is 344 g/mol. The van der Waals surface area contributed by atoms with Gasteiger partial charge in [0.25, 0.3) is 0 Å². The van der Waals surface area contributed by atoms with Crippen LogP contribution in [0, 0.1) is 6.92 Å². The summed E-state index contributed by atoms with van der Waals surface area (Å²) in [6, 6.07) is 7.28. The molecule has 1 atom stereocenters. The van der Waals surface area contributed by atoms with Crippen LogP contribution in [0.3, 0.4) is 0 Å². The van der Waals surface area contributed by atoms with Crippen molar-refractivity contribution in [1.82, 2.24) is 9.78 Å². The lowest BCUT2D eigenvalue weighted by molar-refractivity contribution is -0.138. The zero-order chi connectivity index (χ0) is 14.9. The molecule has 0 fully saturated rings. The SMILES string of the molecule is Cc1nn(C)c(CC(C(=O)O)c2ccc(Br)cc2)c1Cl. The first-order valence-corrected chi connectivity index (χ1v) is 7.23. The van der Waals surface area contributed by atoms with Gasteiger partial charge in [0.15, 0.2) is 0 Å². The van der Waals surface area contributed by atoms with Crippen molar-refractivity contribution >= 4 is 33.5 Å². The van der Waals surface area contributed by atoms with Gasteiger partial charge in [0.2, 0.25) is 0 Å². The third-order valence-electron chi connectivity index (χ3n) is 3.23. The summed E-state index contributed by atoms with van der Waals surface area (Å²) in [4.78, 5) is 11.5. The van der Waals surface area contributed by atoms with Crippen LogP contribution in [0.15, 0.2) is 28.7 Å². The van der Waals surface area contributed by atoms with E-state index >= 15 is 0 Å². The fourth-order valence-electron chi connectivity index (χ4n) is 2.14. The molecule has 0 saturated heterocycles. The molecule has 106 valence electrons. The minimum absolute atomic E-state index is 0.313. The first-order chi connectivity index (χ1) is 9.40. The Bertz CT molecular complexity index is 637. The molecule has 1 aromatic carbocycles. The number of benzene rings is 1. The number of carboxylic acid groups (broad SMARTS) is 1. The van der Waals surface area contributed by atoms with E-state index in [0.29, 0.717) is 17.1 Å². The number of aryl methyl sites for hydroxylation is 2. The van der Waals surface area contributed by atoms with Crippen molar-refractivity contribution < 1.29 is 9.90 Å². The van der Waals surface area contributed by atoms with E-state index in [1.807, 2.05) is 12.1 Å². The summed E-state index contributed by atoms with van der Waals surface area (Å²) < 4.78 is 2.56. The molecule has 1 unspecified atom stereocenters. The fraction of sp³-hybridized carbons (Fsp3) is 0.286. The highest BCUT2D eigenvalue weighted by atomic mass is 79.9. The number of carboxylic acids is 1. The molecule has 4 nitrogen and oxygen atoms in total. The van der Waals surface area contributed by atoms with Crippen molar-refractivity contribution in [3.05, 3.63) is 50.7 Å². The minimum Gasteiger partial charge on any atom is -0.481 e. The van der Waals surface area contributed by atoms with Crippen LogP contribution < -0.4 is 0 Å². The first-order valence-electron chi connectivity index (χ1n) is 6.06. The molecule has 1 heterocycles. The normalized spacial score (nSPS) is 12.4. The van der Waals surface area contributed by atoms with Gasteiger partial charge in [-0.25, -0.2) is 0 Å². The second-order valence-corrected chi connectivity index (χ2v) is 5.91. The number of aliphatic carboxylic acids is 1. The maximum Gasteiger partial charge on any atom is 0.311 e. The van der Waals surface area contributed by atoms with Gasteiger partial charge in [-0.2, -0.15) is 5.10 Å². The smallest absolute Gasteiger partial charge is 0.311 e. The van der Waals surface area contributed by atoms with Gasteiger partial charge in [0.1, 0.15) is 0 Å². The van der Waals surface area contributed by atoms with Gasteiger partial charge in [-0.1, -0.05) is 39.7 Å². The summed E-state index contributed by atoms with van der Waals surface area (Å²) in [5.74, 6) is -1.52. The van der Waals surface area contributed by atoms with Gasteiger partial charge in [-0.15, -0.1) is 0 Å². The summed E-state index contributed by atoms with van der Waals surface area (Å²) in [7, 11) is 1.77. The van der Waals surface area contributed by atoms with Crippen LogP contribution >= 0.6 is 27.5 Å². The molecule has 0 bridgehead atoms. The monoisotopic (exact) mass is 356 g/mol. The number of carbonyl (C=O) groups is 1. The molecule has 2 aromatic rings. The van der Waals surface area contributed by atoms with E-state index in [1.54, 1.807) is 30.8 Å². The Morgan fingerprint density at radius 1 is 1.45 bits per heavy atom. The average molecular weight is 358 g/mol. The highest BCUT2D eigenvalue weighted by molar-refractivity contribution is 9.10. The van der Waals surface area contributed by atoms with Gasteiger partial charge >= 0.3 is 5.97 Å². The summed E-state index contributed by atoms with van der Waals surface area (Å²) in [6.45, 7) is 1.81. The lowest BCUT2D eigenvalue weighted by Crippen LogP contribution is -2.16. The minimum atomic E-state index is -0.873. The molecule has 0 aliphatic rings.